The zero-order valence-corrected chi connectivity index (χ0v) is 15.4. The topological polar surface area (TPSA) is 71.5 Å². The molecule has 1 saturated heterocycles. The molecule has 1 saturated carbocycles. The summed E-state index contributed by atoms with van der Waals surface area (Å²) in [4.78, 5) is 7.17. The van der Waals surface area contributed by atoms with E-state index in [-0.39, 0.29) is 0 Å². The Morgan fingerprint density at radius 3 is 2.67 bits per heavy atom. The van der Waals surface area contributed by atoms with Crippen LogP contribution in [-0.4, -0.2) is 53.7 Å². The third-order valence-electron chi connectivity index (χ3n) is 6.17. The molecule has 1 aliphatic heterocycles. The molecule has 1 aliphatic carbocycles. The van der Waals surface area contributed by atoms with Crippen molar-refractivity contribution in [2.24, 2.45) is 18.9 Å². The van der Waals surface area contributed by atoms with E-state index < -0.39 is 6.23 Å². The van der Waals surface area contributed by atoms with Gasteiger partial charge in [0, 0.05) is 37.8 Å². The lowest BCUT2D eigenvalue weighted by atomic mass is 10.00. The molecule has 0 spiro atoms. The van der Waals surface area contributed by atoms with Gasteiger partial charge in [0.05, 0.1) is 35.5 Å². The quantitative estimate of drug-likeness (QED) is 0.718. The number of likely N-dealkylation sites (tertiary alicyclic amines) is 1. The van der Waals surface area contributed by atoms with Crippen molar-refractivity contribution in [2.45, 2.75) is 25.0 Å². The van der Waals surface area contributed by atoms with Crippen molar-refractivity contribution in [2.75, 3.05) is 13.1 Å². The van der Waals surface area contributed by atoms with Gasteiger partial charge in [0.1, 0.15) is 6.23 Å². The zero-order valence-electron chi connectivity index (χ0n) is 15.4. The van der Waals surface area contributed by atoms with Crippen LogP contribution in [-0.2, 0) is 7.05 Å². The minimum absolute atomic E-state index is 0.429. The first-order valence-electron chi connectivity index (χ1n) is 9.50. The molecule has 140 valence electrons. The molecule has 2 aliphatic rings. The van der Waals surface area contributed by atoms with Crippen molar-refractivity contribution in [1.82, 2.24) is 29.3 Å². The molecule has 5 rings (SSSR count). The van der Waals surface area contributed by atoms with E-state index in [1.165, 1.54) is 0 Å². The summed E-state index contributed by atoms with van der Waals surface area (Å²) in [5, 5.41) is 18.8. The second kappa shape index (κ2) is 6.28. The van der Waals surface area contributed by atoms with Crippen LogP contribution in [0.5, 0.6) is 0 Å². The summed E-state index contributed by atoms with van der Waals surface area (Å²) in [5.41, 5.74) is 4.15. The minimum atomic E-state index is -0.525. The molecule has 3 aromatic heterocycles. The van der Waals surface area contributed by atoms with Crippen LogP contribution in [0.4, 0.5) is 0 Å². The second-order valence-corrected chi connectivity index (χ2v) is 7.87. The lowest BCUT2D eigenvalue weighted by molar-refractivity contribution is 0.0545. The fraction of sp³-hybridized carbons (Fsp3) is 0.450. The maximum absolute atomic E-state index is 10.0. The highest BCUT2D eigenvalue weighted by molar-refractivity contribution is 5.62. The molecule has 0 bridgehead atoms. The number of aliphatic hydroxyl groups excluding tert-OH is 1. The first-order valence-corrected chi connectivity index (χ1v) is 9.50. The van der Waals surface area contributed by atoms with Crippen molar-refractivity contribution >= 4 is 5.52 Å². The van der Waals surface area contributed by atoms with Crippen LogP contribution in [0.1, 0.15) is 24.5 Å². The van der Waals surface area contributed by atoms with Crippen molar-refractivity contribution < 1.29 is 5.11 Å². The van der Waals surface area contributed by atoms with E-state index >= 15 is 0 Å². The Bertz CT molecular complexity index is 977. The third kappa shape index (κ3) is 2.78. The van der Waals surface area contributed by atoms with Crippen LogP contribution in [0.2, 0.25) is 0 Å². The lowest BCUT2D eigenvalue weighted by Crippen LogP contribution is -2.32. The molecule has 3 aromatic rings. The molecule has 27 heavy (non-hydrogen) atoms. The molecular weight excluding hydrogens is 340 g/mol. The van der Waals surface area contributed by atoms with Gasteiger partial charge in [-0.25, -0.2) is 9.50 Å². The van der Waals surface area contributed by atoms with Gasteiger partial charge < -0.3 is 5.11 Å². The maximum atomic E-state index is 10.0. The summed E-state index contributed by atoms with van der Waals surface area (Å²) in [6.07, 6.45) is 11.0. The molecule has 1 N–H and O–H groups in total. The van der Waals surface area contributed by atoms with Crippen LogP contribution in [0.3, 0.4) is 0 Å². The van der Waals surface area contributed by atoms with Gasteiger partial charge >= 0.3 is 0 Å². The van der Waals surface area contributed by atoms with E-state index in [1.807, 2.05) is 36.4 Å². The highest BCUT2D eigenvalue weighted by Gasteiger charge is 2.43. The van der Waals surface area contributed by atoms with Crippen molar-refractivity contribution in [3.05, 3.63) is 49.2 Å². The summed E-state index contributed by atoms with van der Waals surface area (Å²) in [6, 6.07) is 2.05. The van der Waals surface area contributed by atoms with Gasteiger partial charge in [0.2, 0.25) is 0 Å². The summed E-state index contributed by atoms with van der Waals surface area (Å²) < 4.78 is 3.73. The fourth-order valence-electron chi connectivity index (χ4n) is 4.87. The normalized spacial score (nSPS) is 26.5. The van der Waals surface area contributed by atoms with Crippen LogP contribution in [0.15, 0.2) is 43.5 Å². The highest BCUT2D eigenvalue weighted by atomic mass is 16.3. The number of rotatable bonds is 4. The molecular formula is C20H24N6O. The summed E-state index contributed by atoms with van der Waals surface area (Å²) in [5.74, 6) is 1.65. The number of aliphatic hydroxyl groups is 1. The Morgan fingerprint density at radius 1 is 1.22 bits per heavy atom. The first-order chi connectivity index (χ1) is 13.1. The lowest BCUT2D eigenvalue weighted by Gasteiger charge is -2.22. The molecule has 0 amide bonds. The predicted octanol–water partition coefficient (Wildman–Crippen LogP) is 2.06. The number of hydrogen-bond acceptors (Lipinski definition) is 5. The second-order valence-electron chi connectivity index (χ2n) is 7.87. The molecule has 7 nitrogen and oxygen atoms in total. The van der Waals surface area contributed by atoms with Crippen molar-refractivity contribution in [1.29, 1.82) is 0 Å². The maximum Gasteiger partial charge on any atom is 0.126 e. The monoisotopic (exact) mass is 364 g/mol. The molecule has 1 unspecified atom stereocenters. The Balaban J connectivity index is 1.46. The first kappa shape index (κ1) is 16.6. The number of aromatic nitrogens is 5. The Kier molecular flexibility index (Phi) is 3.87. The Hall–Kier alpha value is -2.51. The number of fused-ring (bicyclic) bond motifs is 2. The summed E-state index contributed by atoms with van der Waals surface area (Å²) in [6.45, 7) is 5.59. The van der Waals surface area contributed by atoms with Crippen LogP contribution in [0, 0.1) is 11.8 Å². The van der Waals surface area contributed by atoms with Gasteiger partial charge in [-0.2, -0.15) is 10.2 Å². The average Bonchev–Trinajstić information content (AvgIpc) is 3.42. The fourth-order valence-corrected chi connectivity index (χ4v) is 4.87. The standard InChI is InChI=1S/C20H24N6O/c1-3-19(27)25-10-14-6-13(7-15(14)11-25)20-18-4-5-21-26(18)12-17(23-20)16-8-22-24(2)9-16/h3-5,8-9,12-15,19,27H,1,6-7,10-11H2,2H3/t13-,14+,15-,19?. The highest BCUT2D eigenvalue weighted by Crippen LogP contribution is 2.47. The SMILES string of the molecule is C=CC(O)N1C[C@H]2C[C@H](c3nc(-c4cnn(C)c4)cn4nccc34)C[C@H]2C1. The van der Waals surface area contributed by atoms with E-state index in [0.717, 1.165) is 48.4 Å². The van der Waals surface area contributed by atoms with Crippen molar-refractivity contribution in [3.8, 4) is 11.3 Å². The van der Waals surface area contributed by atoms with E-state index in [2.05, 4.69) is 27.7 Å². The molecule has 2 fully saturated rings. The van der Waals surface area contributed by atoms with Gasteiger partial charge in [-0.3, -0.25) is 9.58 Å². The van der Waals surface area contributed by atoms with Crippen molar-refractivity contribution in [3.63, 3.8) is 0 Å². The molecule has 0 radical (unpaired) electrons. The van der Waals surface area contributed by atoms with Crippen LogP contribution < -0.4 is 0 Å². The number of hydrogen-bond donors (Lipinski definition) is 1. The largest absolute Gasteiger partial charge is 0.375 e. The predicted molar refractivity (Wildman–Crippen MR) is 102 cm³/mol. The van der Waals surface area contributed by atoms with E-state index in [0.29, 0.717) is 17.8 Å². The Labute approximate surface area is 157 Å². The van der Waals surface area contributed by atoms with Crippen LogP contribution >= 0.6 is 0 Å². The summed E-state index contributed by atoms with van der Waals surface area (Å²) in [7, 11) is 1.92. The molecule has 4 heterocycles. The molecule has 7 heteroatoms. The minimum Gasteiger partial charge on any atom is -0.375 e. The summed E-state index contributed by atoms with van der Waals surface area (Å²) >= 11 is 0. The van der Waals surface area contributed by atoms with E-state index in [9.17, 15) is 5.11 Å². The van der Waals surface area contributed by atoms with Gasteiger partial charge in [-0.1, -0.05) is 6.58 Å². The van der Waals surface area contributed by atoms with Gasteiger partial charge in [0.15, 0.2) is 0 Å². The van der Waals surface area contributed by atoms with Gasteiger partial charge in [-0.15, -0.1) is 0 Å². The average molecular weight is 364 g/mol. The van der Waals surface area contributed by atoms with Crippen LogP contribution in [0.25, 0.3) is 16.8 Å². The smallest absolute Gasteiger partial charge is 0.126 e. The van der Waals surface area contributed by atoms with E-state index in [1.54, 1.807) is 10.8 Å². The number of nitrogens with zero attached hydrogens (tertiary/aromatic N) is 6. The molecule has 0 aromatic carbocycles. The molecule has 4 atom stereocenters. The van der Waals surface area contributed by atoms with Gasteiger partial charge in [0.25, 0.3) is 0 Å². The Morgan fingerprint density at radius 2 is 2.00 bits per heavy atom. The number of aryl methyl sites for hydroxylation is 1. The van der Waals surface area contributed by atoms with Gasteiger partial charge in [-0.05, 0) is 36.8 Å². The zero-order chi connectivity index (χ0) is 18.5. The third-order valence-corrected chi connectivity index (χ3v) is 6.17. The van der Waals surface area contributed by atoms with E-state index in [4.69, 9.17) is 4.98 Å².